The minimum atomic E-state index is -6.72. The van der Waals surface area contributed by atoms with Crippen LogP contribution in [0.25, 0.3) is 4.13 Å². The Morgan fingerprint density at radius 3 is 1.83 bits per heavy atom. The summed E-state index contributed by atoms with van der Waals surface area (Å²) < 4.78 is 113. The maximum atomic E-state index is 11.4. The summed E-state index contributed by atoms with van der Waals surface area (Å²) in [6, 6.07) is 10.6. The Balaban J connectivity index is 0.000000300. The molecule has 0 aliphatic heterocycles. The molecule has 0 bridgehead atoms. The lowest BCUT2D eigenvalue weighted by Crippen LogP contribution is -2.30. The van der Waals surface area contributed by atoms with E-state index in [9.17, 15) is 43.2 Å². The van der Waals surface area contributed by atoms with E-state index in [0.29, 0.717) is 0 Å². The average Bonchev–Trinajstić information content (AvgIpc) is 2.99. The van der Waals surface area contributed by atoms with Gasteiger partial charge >= 0.3 is 11.0 Å². The minimum absolute atomic E-state index is 0.778. The number of nitrogens with zero attached hydrogens (tertiary/aromatic N) is 3. The predicted molar refractivity (Wildman–Crippen MR) is 93.7 cm³/mol. The van der Waals surface area contributed by atoms with Crippen molar-refractivity contribution < 1.29 is 47.7 Å². The van der Waals surface area contributed by atoms with Crippen LogP contribution >= 0.6 is 0 Å². The molecule has 15 heteroatoms. The van der Waals surface area contributed by atoms with Gasteiger partial charge in [0.05, 0.1) is 13.6 Å². The summed E-state index contributed by atoms with van der Waals surface area (Å²) in [4.78, 5) is 0. The van der Waals surface area contributed by atoms with E-state index >= 15 is 0 Å². The maximum Gasteiger partial charge on any atom is 0.480 e. The molecular weight excluding hydrogens is 464 g/mol. The lowest BCUT2D eigenvalue weighted by molar-refractivity contribution is -0.671. The molecule has 0 aliphatic carbocycles. The van der Waals surface area contributed by atoms with Crippen LogP contribution in [-0.4, -0.2) is 32.4 Å². The van der Waals surface area contributed by atoms with Crippen LogP contribution in [0.3, 0.4) is 0 Å². The van der Waals surface area contributed by atoms with Gasteiger partial charge in [0, 0.05) is 0 Å². The second kappa shape index (κ2) is 9.78. The van der Waals surface area contributed by atoms with Crippen molar-refractivity contribution in [3.05, 3.63) is 58.7 Å². The van der Waals surface area contributed by atoms with Gasteiger partial charge in [-0.2, -0.15) is 26.3 Å². The molecule has 0 saturated heterocycles. The second-order valence-corrected chi connectivity index (χ2v) is 9.24. The van der Waals surface area contributed by atoms with Gasteiger partial charge in [-0.3, -0.25) is 0 Å². The molecule has 30 heavy (non-hydrogen) atoms. The first kappa shape index (κ1) is 25.9. The first-order valence-corrected chi connectivity index (χ1v) is 10.8. The number of sulfonamides is 2. The molecule has 7 nitrogen and oxygen atoms in total. The highest BCUT2D eigenvalue weighted by Crippen LogP contribution is 2.36. The zero-order valence-corrected chi connectivity index (χ0v) is 16.9. The summed E-state index contributed by atoms with van der Waals surface area (Å²) in [6.45, 7) is 1.09. The van der Waals surface area contributed by atoms with E-state index in [-0.39, 0.29) is 0 Å². The molecule has 0 spiro atoms. The zero-order valence-electron chi connectivity index (χ0n) is 15.3. The average molecular weight is 481 g/mol. The van der Waals surface area contributed by atoms with Crippen LogP contribution in [0.4, 0.5) is 26.3 Å². The SMILES string of the molecule is C[n+]1ccn(CCCc2ccccc2)c1.O=S(=O)([N-]S(=O)(=O)C(F)(F)F)C(F)(F)F. The first-order chi connectivity index (χ1) is 13.6. The highest BCUT2D eigenvalue weighted by Gasteiger charge is 2.46. The molecular formula is C15H17F6N3O4S2. The quantitative estimate of drug-likeness (QED) is 0.469. The molecule has 0 amide bonds. The van der Waals surface area contributed by atoms with Gasteiger partial charge in [0.2, 0.25) is 6.33 Å². The van der Waals surface area contributed by atoms with Crippen molar-refractivity contribution >= 4 is 20.0 Å². The number of alkyl halides is 6. The number of aryl methyl sites for hydroxylation is 3. The summed E-state index contributed by atoms with van der Waals surface area (Å²) in [5.41, 5.74) is -11.0. The second-order valence-electron chi connectivity index (χ2n) is 5.82. The predicted octanol–water partition coefficient (Wildman–Crippen LogP) is 3.00. The Hall–Kier alpha value is -2.13. The van der Waals surface area contributed by atoms with Crippen LogP contribution in [0.2, 0.25) is 0 Å². The number of aromatic nitrogens is 2. The van der Waals surface area contributed by atoms with Gasteiger partial charge in [-0.25, -0.2) is 26.0 Å². The molecule has 0 fully saturated rings. The van der Waals surface area contributed by atoms with Crippen molar-refractivity contribution in [1.29, 1.82) is 0 Å². The number of rotatable bonds is 6. The van der Waals surface area contributed by atoms with Gasteiger partial charge in [-0.05, 0) is 18.4 Å². The highest BCUT2D eigenvalue weighted by atomic mass is 32.3. The number of hydrogen-bond donors (Lipinski definition) is 0. The van der Waals surface area contributed by atoms with E-state index in [1.807, 2.05) is 7.05 Å². The van der Waals surface area contributed by atoms with Crippen molar-refractivity contribution in [3.8, 4) is 0 Å². The van der Waals surface area contributed by atoms with Crippen LogP contribution in [0.1, 0.15) is 12.0 Å². The maximum absolute atomic E-state index is 11.4. The van der Waals surface area contributed by atoms with Gasteiger partial charge in [-0.1, -0.05) is 30.3 Å². The van der Waals surface area contributed by atoms with E-state index in [0.717, 1.165) is 17.1 Å². The Bertz CT molecular complexity index is 975. The van der Waals surface area contributed by atoms with Gasteiger partial charge in [0.25, 0.3) is 0 Å². The van der Waals surface area contributed by atoms with Gasteiger partial charge in [0.1, 0.15) is 12.4 Å². The Kier molecular flexibility index (Phi) is 8.45. The van der Waals surface area contributed by atoms with Gasteiger partial charge < -0.3 is 4.13 Å². The third kappa shape index (κ3) is 7.95. The van der Waals surface area contributed by atoms with E-state index in [1.54, 1.807) is 0 Å². The molecule has 0 unspecified atom stereocenters. The highest BCUT2D eigenvalue weighted by molar-refractivity contribution is 8.13. The fourth-order valence-corrected chi connectivity index (χ4v) is 3.67. The number of benzene rings is 1. The van der Waals surface area contributed by atoms with E-state index in [1.165, 1.54) is 12.0 Å². The van der Waals surface area contributed by atoms with Gasteiger partial charge in [0.15, 0.2) is 20.0 Å². The fraction of sp³-hybridized carbons (Fsp3) is 0.400. The minimum Gasteiger partial charge on any atom is -0.421 e. The fourth-order valence-electron chi connectivity index (χ4n) is 1.96. The van der Waals surface area contributed by atoms with Crippen molar-refractivity contribution in [2.45, 2.75) is 30.4 Å². The van der Waals surface area contributed by atoms with Crippen LogP contribution in [0, 0.1) is 0 Å². The first-order valence-electron chi connectivity index (χ1n) is 7.97. The van der Waals surface area contributed by atoms with E-state index in [2.05, 4.69) is 58.2 Å². The largest absolute Gasteiger partial charge is 0.480 e. The molecule has 2 aromatic rings. The lowest BCUT2D eigenvalue weighted by atomic mass is 10.1. The summed E-state index contributed by atoms with van der Waals surface area (Å²) in [6.07, 6.45) is 8.65. The summed E-state index contributed by atoms with van der Waals surface area (Å²) >= 11 is 0. The molecule has 1 heterocycles. The zero-order chi connectivity index (χ0) is 23.2. The smallest absolute Gasteiger partial charge is 0.421 e. The summed E-state index contributed by atoms with van der Waals surface area (Å²) in [5, 5.41) is 0. The molecule has 0 saturated carbocycles. The van der Waals surface area contributed by atoms with Crippen LogP contribution in [0.15, 0.2) is 49.1 Å². The molecule has 0 radical (unpaired) electrons. The topological polar surface area (TPSA) is 91.2 Å². The standard InChI is InChI=1S/C13H17N2.C2F6NO4S2/c1-14-10-11-15(12-14)9-5-8-13-6-3-2-4-7-13;3-1(4,5)14(10,11)9-15(12,13)2(6,7)8/h2-4,6-7,10-12H,5,8-9H2,1H3;/q+1;-1. The third-order valence-electron chi connectivity index (χ3n) is 3.33. The number of imidazole rings is 1. The van der Waals surface area contributed by atoms with Crippen LogP contribution < -0.4 is 4.57 Å². The van der Waals surface area contributed by atoms with E-state index < -0.39 is 31.1 Å². The monoisotopic (exact) mass is 481 g/mol. The Labute approximate surface area is 169 Å². The summed E-state index contributed by atoms with van der Waals surface area (Å²) in [7, 11) is -11.4. The van der Waals surface area contributed by atoms with Crippen LogP contribution in [0.5, 0.6) is 0 Å². The normalized spacial score (nSPS) is 12.9. The summed E-state index contributed by atoms with van der Waals surface area (Å²) in [5.74, 6) is 0. The molecule has 170 valence electrons. The van der Waals surface area contributed by atoms with E-state index in [4.69, 9.17) is 0 Å². The van der Waals surface area contributed by atoms with Crippen molar-refractivity contribution in [3.63, 3.8) is 0 Å². The Morgan fingerprint density at radius 2 is 1.43 bits per heavy atom. The molecule has 1 aromatic heterocycles. The van der Waals surface area contributed by atoms with Gasteiger partial charge in [-0.15, -0.1) is 0 Å². The number of halogens is 6. The molecule has 0 aliphatic rings. The van der Waals surface area contributed by atoms with Crippen molar-refractivity contribution in [2.24, 2.45) is 7.05 Å². The molecule has 2 rings (SSSR count). The molecule has 0 N–H and O–H groups in total. The molecule has 0 atom stereocenters. The Morgan fingerprint density at radius 1 is 0.933 bits per heavy atom. The van der Waals surface area contributed by atoms with Crippen molar-refractivity contribution in [1.82, 2.24) is 4.57 Å². The molecule has 1 aromatic carbocycles. The third-order valence-corrected chi connectivity index (χ3v) is 6.07. The lowest BCUT2D eigenvalue weighted by Gasteiger charge is -2.22. The van der Waals surface area contributed by atoms with Crippen LogP contribution in [-0.2, 0) is 40.1 Å². The van der Waals surface area contributed by atoms with Crippen molar-refractivity contribution in [2.75, 3.05) is 0 Å². The number of hydrogen-bond acceptors (Lipinski definition) is 4.